The number of aromatic nitrogens is 2. The van der Waals surface area contributed by atoms with Crippen LogP contribution in [0.1, 0.15) is 17.5 Å². The SMILES string of the molecule is C1=Cc2c(cc(-c3c4ccc(-n5c6ccccc6c6ccccc65)cc4c(-c4cccc5ccccc45)c4ccc(-n5c6ccccc6c6ccccc65)cc34)c3ccccc23)CC1. The fraction of sp³-hybridized carbons (Fsp3) is 0.0323. The Morgan fingerprint density at radius 2 is 0.766 bits per heavy atom. The third kappa shape index (κ3) is 5.02. The second-order valence-corrected chi connectivity index (χ2v) is 17.5. The van der Waals surface area contributed by atoms with Gasteiger partial charge >= 0.3 is 0 Å². The van der Waals surface area contributed by atoms with Gasteiger partial charge in [0.25, 0.3) is 0 Å². The number of aryl methyl sites for hydroxylation is 1. The van der Waals surface area contributed by atoms with Crippen LogP contribution < -0.4 is 0 Å². The Morgan fingerprint density at radius 1 is 0.312 bits per heavy atom. The zero-order valence-corrected chi connectivity index (χ0v) is 35.1. The predicted octanol–water partition coefficient (Wildman–Crippen LogP) is 16.8. The second kappa shape index (κ2) is 13.6. The average Bonchev–Trinajstić information content (AvgIpc) is 3.88. The van der Waals surface area contributed by atoms with E-state index < -0.39 is 0 Å². The first kappa shape index (κ1) is 35.4. The lowest BCUT2D eigenvalue weighted by Gasteiger charge is -2.23. The molecule has 0 fully saturated rings. The molecule has 2 heteroatoms. The third-order valence-electron chi connectivity index (χ3n) is 14.1. The lowest BCUT2D eigenvalue weighted by atomic mass is 9.81. The van der Waals surface area contributed by atoms with Crippen molar-refractivity contribution in [3.63, 3.8) is 0 Å². The van der Waals surface area contributed by atoms with Crippen molar-refractivity contribution in [1.29, 1.82) is 0 Å². The maximum absolute atomic E-state index is 2.53. The molecule has 0 unspecified atom stereocenters. The number of nitrogens with zero attached hydrogens (tertiary/aromatic N) is 2. The molecule has 2 nitrogen and oxygen atoms in total. The molecule has 0 saturated heterocycles. The molecule has 298 valence electrons. The van der Waals surface area contributed by atoms with Gasteiger partial charge in [0.05, 0.1) is 22.1 Å². The van der Waals surface area contributed by atoms with Crippen LogP contribution in [0.3, 0.4) is 0 Å². The van der Waals surface area contributed by atoms with E-state index in [1.165, 1.54) is 120 Å². The van der Waals surface area contributed by atoms with E-state index in [1.54, 1.807) is 0 Å². The normalized spacial score (nSPS) is 12.8. The first-order chi connectivity index (χ1) is 31.8. The molecular weight excluding hydrogens is 773 g/mol. The number of rotatable bonds is 4. The van der Waals surface area contributed by atoms with Crippen molar-refractivity contribution in [3.05, 3.63) is 223 Å². The summed E-state index contributed by atoms with van der Waals surface area (Å²) in [5.41, 5.74) is 15.0. The summed E-state index contributed by atoms with van der Waals surface area (Å²) in [6.07, 6.45) is 6.76. The largest absolute Gasteiger partial charge is 0.309 e. The molecule has 0 atom stereocenters. The maximum Gasteiger partial charge on any atom is 0.0541 e. The van der Waals surface area contributed by atoms with E-state index >= 15 is 0 Å². The lowest BCUT2D eigenvalue weighted by Crippen LogP contribution is -2.00. The van der Waals surface area contributed by atoms with Gasteiger partial charge in [0.15, 0.2) is 0 Å². The van der Waals surface area contributed by atoms with E-state index in [-0.39, 0.29) is 0 Å². The molecule has 0 spiro atoms. The van der Waals surface area contributed by atoms with Crippen molar-refractivity contribution >= 4 is 92.8 Å². The highest BCUT2D eigenvalue weighted by Crippen LogP contribution is 2.49. The summed E-state index contributed by atoms with van der Waals surface area (Å²) in [6, 6.07) is 77.2. The van der Waals surface area contributed by atoms with Crippen molar-refractivity contribution in [2.24, 2.45) is 0 Å². The molecule has 0 radical (unpaired) electrons. The van der Waals surface area contributed by atoms with Crippen LogP contribution in [-0.2, 0) is 6.42 Å². The number of hydrogen-bond acceptors (Lipinski definition) is 0. The van der Waals surface area contributed by atoms with Crippen LogP contribution in [0.4, 0.5) is 0 Å². The molecule has 0 amide bonds. The van der Waals surface area contributed by atoms with E-state index in [9.17, 15) is 0 Å². The van der Waals surface area contributed by atoms with Crippen LogP contribution in [0.25, 0.3) is 126 Å². The van der Waals surface area contributed by atoms with Gasteiger partial charge in [-0.15, -0.1) is 0 Å². The minimum atomic E-state index is 1.03. The highest BCUT2D eigenvalue weighted by atomic mass is 15.0. The van der Waals surface area contributed by atoms with Crippen molar-refractivity contribution < 1.29 is 0 Å². The number of hydrogen-bond donors (Lipinski definition) is 0. The molecule has 14 rings (SSSR count). The van der Waals surface area contributed by atoms with Gasteiger partial charge in [-0.2, -0.15) is 0 Å². The van der Waals surface area contributed by atoms with Gasteiger partial charge in [-0.25, -0.2) is 0 Å². The first-order valence-corrected chi connectivity index (χ1v) is 22.5. The van der Waals surface area contributed by atoms with Gasteiger partial charge < -0.3 is 9.13 Å². The van der Waals surface area contributed by atoms with Crippen LogP contribution in [0.15, 0.2) is 212 Å². The van der Waals surface area contributed by atoms with E-state index in [2.05, 4.69) is 228 Å². The van der Waals surface area contributed by atoms with Crippen molar-refractivity contribution in [2.75, 3.05) is 0 Å². The molecule has 2 heterocycles. The molecule has 0 aliphatic heterocycles. The molecule has 1 aliphatic rings. The number of allylic oxidation sites excluding steroid dienone is 1. The summed E-state index contributed by atoms with van der Waals surface area (Å²) in [4.78, 5) is 0. The number of benzene rings is 11. The van der Waals surface area contributed by atoms with Gasteiger partial charge in [-0.1, -0.05) is 164 Å². The van der Waals surface area contributed by atoms with Gasteiger partial charge in [0, 0.05) is 32.9 Å². The van der Waals surface area contributed by atoms with Gasteiger partial charge in [-0.3, -0.25) is 0 Å². The van der Waals surface area contributed by atoms with Crippen LogP contribution >= 0.6 is 0 Å². The second-order valence-electron chi connectivity index (χ2n) is 17.5. The Morgan fingerprint density at radius 3 is 1.33 bits per heavy atom. The fourth-order valence-electron chi connectivity index (χ4n) is 11.4. The molecule has 64 heavy (non-hydrogen) atoms. The van der Waals surface area contributed by atoms with Crippen LogP contribution in [0.2, 0.25) is 0 Å². The van der Waals surface area contributed by atoms with Crippen molar-refractivity contribution in [1.82, 2.24) is 9.13 Å². The smallest absolute Gasteiger partial charge is 0.0541 e. The Kier molecular flexibility index (Phi) is 7.55. The van der Waals surface area contributed by atoms with Crippen molar-refractivity contribution in [3.8, 4) is 33.6 Å². The Bertz CT molecular complexity index is 4030. The summed E-state index contributed by atoms with van der Waals surface area (Å²) in [6.45, 7) is 0. The highest BCUT2D eigenvalue weighted by Gasteiger charge is 2.24. The predicted molar refractivity (Wildman–Crippen MR) is 273 cm³/mol. The average molecular weight is 813 g/mol. The number of para-hydroxylation sites is 4. The highest BCUT2D eigenvalue weighted by molar-refractivity contribution is 6.26. The van der Waals surface area contributed by atoms with Gasteiger partial charge in [0.2, 0.25) is 0 Å². The molecule has 2 aromatic heterocycles. The maximum atomic E-state index is 2.53. The van der Waals surface area contributed by atoms with Gasteiger partial charge in [-0.05, 0) is 144 Å². The summed E-state index contributed by atoms with van der Waals surface area (Å²) in [5, 5.41) is 15.1. The van der Waals surface area contributed by atoms with Crippen molar-refractivity contribution in [2.45, 2.75) is 12.8 Å². The van der Waals surface area contributed by atoms with E-state index in [0.717, 1.165) is 24.2 Å². The summed E-state index contributed by atoms with van der Waals surface area (Å²) >= 11 is 0. The zero-order chi connectivity index (χ0) is 41.9. The van der Waals surface area contributed by atoms with E-state index in [4.69, 9.17) is 0 Å². The minimum absolute atomic E-state index is 1.03. The molecule has 0 bridgehead atoms. The van der Waals surface area contributed by atoms with Crippen LogP contribution in [-0.4, -0.2) is 9.13 Å². The lowest BCUT2D eigenvalue weighted by molar-refractivity contribution is 0.990. The molecular formula is C62H40N2. The van der Waals surface area contributed by atoms with E-state index in [1.807, 2.05) is 0 Å². The topological polar surface area (TPSA) is 9.86 Å². The van der Waals surface area contributed by atoms with Gasteiger partial charge in [0.1, 0.15) is 0 Å². The fourth-order valence-corrected chi connectivity index (χ4v) is 11.4. The Labute approximate surface area is 370 Å². The number of fused-ring (bicyclic) bond motifs is 12. The Balaban J connectivity index is 1.19. The zero-order valence-electron chi connectivity index (χ0n) is 35.1. The summed E-state index contributed by atoms with van der Waals surface area (Å²) < 4.78 is 4.93. The van der Waals surface area contributed by atoms with Crippen LogP contribution in [0, 0.1) is 0 Å². The molecule has 0 N–H and O–H groups in total. The Hall–Kier alpha value is -8.20. The minimum Gasteiger partial charge on any atom is -0.309 e. The molecule has 13 aromatic rings. The third-order valence-corrected chi connectivity index (χ3v) is 14.1. The standard InChI is InChI=1S/C62H40N2/c1-3-19-43-39(16-1)18-15-27-51(43)61-52-34-32-42(64-59-30-13-9-25-49(59)50-26-10-14-31-60(50)64)38-56(52)62(54-36-40-17-2-4-20-44(40)45-21-5-6-22-46(45)54)53-35-33-41(37-55(53)61)63-57-28-11-7-23-47(57)48-24-8-12-29-58(48)63/h1,3-16,18-38H,2,17H2. The summed E-state index contributed by atoms with van der Waals surface area (Å²) in [5.74, 6) is 0. The quantitative estimate of drug-likeness (QED) is 0.157. The first-order valence-electron chi connectivity index (χ1n) is 22.5. The summed E-state index contributed by atoms with van der Waals surface area (Å²) in [7, 11) is 0. The molecule has 1 aliphatic carbocycles. The van der Waals surface area contributed by atoms with E-state index in [0.29, 0.717) is 0 Å². The molecule has 11 aromatic carbocycles. The van der Waals surface area contributed by atoms with Crippen LogP contribution in [0.5, 0.6) is 0 Å². The monoisotopic (exact) mass is 812 g/mol. The molecule has 0 saturated carbocycles.